The van der Waals surface area contributed by atoms with Crippen LogP contribution < -0.4 is 10.6 Å². The maximum atomic E-state index is 12.4. The van der Waals surface area contributed by atoms with E-state index in [0.29, 0.717) is 5.69 Å². The van der Waals surface area contributed by atoms with Gasteiger partial charge < -0.3 is 10.6 Å². The smallest absolute Gasteiger partial charge is 0.228 e. The van der Waals surface area contributed by atoms with E-state index in [4.69, 9.17) is 0 Å². The van der Waals surface area contributed by atoms with E-state index in [2.05, 4.69) is 22.5 Å². The molecule has 1 aliphatic rings. The van der Waals surface area contributed by atoms with Crippen LogP contribution >= 0.6 is 0 Å². The maximum absolute atomic E-state index is 12.4. The Balaban J connectivity index is 1.65. The van der Waals surface area contributed by atoms with Crippen LogP contribution in [0.4, 0.5) is 5.69 Å². The number of hydrogen-bond donors (Lipinski definition) is 2. The van der Waals surface area contributed by atoms with Crippen molar-refractivity contribution >= 4 is 17.5 Å². The quantitative estimate of drug-likeness (QED) is 0.836. The van der Waals surface area contributed by atoms with Gasteiger partial charge >= 0.3 is 0 Å². The number of fused-ring (bicyclic) bond motifs is 1. The largest absolute Gasteiger partial charge is 0.345 e. The predicted octanol–water partition coefficient (Wildman–Crippen LogP) is 2.28. The monoisotopic (exact) mass is 304 g/mol. The summed E-state index contributed by atoms with van der Waals surface area (Å²) >= 11 is 0. The van der Waals surface area contributed by atoms with E-state index < -0.39 is 5.92 Å². The molecule has 23 heavy (non-hydrogen) atoms. The SMILES string of the molecule is O=C1CC(C(=O)NCC#Cc2ccccc2)c2ccccc2N1. The molecular formula is C19H16N2O2. The molecule has 2 aromatic rings. The summed E-state index contributed by atoms with van der Waals surface area (Å²) in [7, 11) is 0. The van der Waals surface area contributed by atoms with Crippen molar-refractivity contribution in [2.75, 3.05) is 11.9 Å². The Labute approximate surface area is 134 Å². The molecule has 4 nitrogen and oxygen atoms in total. The lowest BCUT2D eigenvalue weighted by atomic mass is 9.90. The van der Waals surface area contributed by atoms with Crippen molar-refractivity contribution in [3.8, 4) is 11.8 Å². The molecule has 1 atom stereocenters. The summed E-state index contributed by atoms with van der Waals surface area (Å²) < 4.78 is 0. The molecule has 2 N–H and O–H groups in total. The highest BCUT2D eigenvalue weighted by Crippen LogP contribution is 2.31. The summed E-state index contributed by atoms with van der Waals surface area (Å²) in [6.45, 7) is 0.258. The number of nitrogens with one attached hydrogen (secondary N) is 2. The van der Waals surface area contributed by atoms with E-state index in [0.717, 1.165) is 11.1 Å². The van der Waals surface area contributed by atoms with Gasteiger partial charge in [0.25, 0.3) is 0 Å². The summed E-state index contributed by atoms with van der Waals surface area (Å²) in [6.07, 6.45) is 0.162. The fourth-order valence-corrected chi connectivity index (χ4v) is 2.57. The Kier molecular flexibility index (Phi) is 4.39. The predicted molar refractivity (Wildman–Crippen MR) is 88.8 cm³/mol. The number of anilines is 1. The van der Waals surface area contributed by atoms with E-state index >= 15 is 0 Å². The Morgan fingerprint density at radius 3 is 2.70 bits per heavy atom. The number of carbonyl (C=O) groups excluding carboxylic acids is 2. The van der Waals surface area contributed by atoms with Crippen molar-refractivity contribution in [2.24, 2.45) is 0 Å². The molecule has 0 radical (unpaired) electrons. The Morgan fingerprint density at radius 2 is 1.87 bits per heavy atom. The van der Waals surface area contributed by atoms with Gasteiger partial charge in [0.15, 0.2) is 0 Å². The van der Waals surface area contributed by atoms with Gasteiger partial charge in [-0.3, -0.25) is 9.59 Å². The van der Waals surface area contributed by atoms with Crippen molar-refractivity contribution in [3.05, 3.63) is 65.7 Å². The molecule has 0 saturated carbocycles. The van der Waals surface area contributed by atoms with Gasteiger partial charge in [0, 0.05) is 17.7 Å². The van der Waals surface area contributed by atoms with E-state index in [1.807, 2.05) is 54.6 Å². The summed E-state index contributed by atoms with van der Waals surface area (Å²) in [4.78, 5) is 24.1. The minimum Gasteiger partial charge on any atom is -0.345 e. The number of amides is 2. The minimum absolute atomic E-state index is 0.140. The summed E-state index contributed by atoms with van der Waals surface area (Å²) in [5, 5.41) is 5.58. The summed E-state index contributed by atoms with van der Waals surface area (Å²) in [5.41, 5.74) is 2.46. The van der Waals surface area contributed by atoms with Gasteiger partial charge in [-0.15, -0.1) is 0 Å². The van der Waals surface area contributed by atoms with Gasteiger partial charge in [-0.05, 0) is 23.8 Å². The third kappa shape index (κ3) is 3.58. The van der Waals surface area contributed by atoms with Crippen LogP contribution in [-0.4, -0.2) is 18.4 Å². The Morgan fingerprint density at radius 1 is 1.13 bits per heavy atom. The van der Waals surface area contributed by atoms with E-state index in [-0.39, 0.29) is 24.8 Å². The highest BCUT2D eigenvalue weighted by Gasteiger charge is 2.29. The molecule has 114 valence electrons. The molecule has 0 saturated heterocycles. The molecule has 3 rings (SSSR count). The van der Waals surface area contributed by atoms with Crippen molar-refractivity contribution in [1.29, 1.82) is 0 Å². The normalized spacial score (nSPS) is 15.7. The van der Waals surface area contributed by atoms with Crippen LogP contribution in [0, 0.1) is 11.8 Å². The van der Waals surface area contributed by atoms with Crippen LogP contribution in [0.3, 0.4) is 0 Å². The Bertz CT molecular complexity index is 788. The lowest BCUT2D eigenvalue weighted by molar-refractivity contribution is -0.126. The van der Waals surface area contributed by atoms with Crippen LogP contribution in [0.25, 0.3) is 0 Å². The van der Waals surface area contributed by atoms with E-state index in [1.54, 1.807) is 0 Å². The van der Waals surface area contributed by atoms with Crippen LogP contribution in [0.1, 0.15) is 23.5 Å². The van der Waals surface area contributed by atoms with Crippen LogP contribution in [0.2, 0.25) is 0 Å². The average molecular weight is 304 g/mol. The molecule has 0 aromatic heterocycles. The highest BCUT2D eigenvalue weighted by molar-refractivity contribution is 6.01. The van der Waals surface area contributed by atoms with Gasteiger partial charge in [0.05, 0.1) is 12.5 Å². The first-order valence-electron chi connectivity index (χ1n) is 7.44. The number of carbonyl (C=O) groups is 2. The first-order chi connectivity index (χ1) is 11.2. The zero-order valence-electron chi connectivity index (χ0n) is 12.5. The minimum atomic E-state index is -0.460. The van der Waals surface area contributed by atoms with Crippen LogP contribution in [0.15, 0.2) is 54.6 Å². The molecule has 1 heterocycles. The molecule has 0 bridgehead atoms. The van der Waals surface area contributed by atoms with Gasteiger partial charge in [-0.1, -0.05) is 48.2 Å². The van der Waals surface area contributed by atoms with Gasteiger partial charge in [-0.2, -0.15) is 0 Å². The van der Waals surface area contributed by atoms with Gasteiger partial charge in [-0.25, -0.2) is 0 Å². The van der Waals surface area contributed by atoms with E-state index in [9.17, 15) is 9.59 Å². The molecule has 0 spiro atoms. The van der Waals surface area contributed by atoms with Gasteiger partial charge in [0.1, 0.15) is 0 Å². The number of rotatable bonds is 2. The first-order valence-corrected chi connectivity index (χ1v) is 7.44. The third-order valence-electron chi connectivity index (χ3n) is 3.67. The zero-order valence-corrected chi connectivity index (χ0v) is 12.5. The number of benzene rings is 2. The van der Waals surface area contributed by atoms with Crippen molar-refractivity contribution in [2.45, 2.75) is 12.3 Å². The molecule has 2 amide bonds. The molecule has 1 aliphatic heterocycles. The van der Waals surface area contributed by atoms with Crippen molar-refractivity contribution < 1.29 is 9.59 Å². The average Bonchev–Trinajstić information content (AvgIpc) is 2.58. The third-order valence-corrected chi connectivity index (χ3v) is 3.67. The second-order valence-electron chi connectivity index (χ2n) is 5.28. The highest BCUT2D eigenvalue weighted by atomic mass is 16.2. The van der Waals surface area contributed by atoms with E-state index in [1.165, 1.54) is 0 Å². The van der Waals surface area contributed by atoms with Crippen molar-refractivity contribution in [1.82, 2.24) is 5.32 Å². The maximum Gasteiger partial charge on any atom is 0.228 e. The number of para-hydroxylation sites is 1. The van der Waals surface area contributed by atoms with Gasteiger partial charge in [0.2, 0.25) is 11.8 Å². The molecular weight excluding hydrogens is 288 g/mol. The number of hydrogen-bond acceptors (Lipinski definition) is 2. The fourth-order valence-electron chi connectivity index (χ4n) is 2.57. The summed E-state index contributed by atoms with van der Waals surface area (Å²) in [5.74, 6) is 5.14. The zero-order chi connectivity index (χ0) is 16.1. The Hall–Kier alpha value is -3.06. The molecule has 1 unspecified atom stereocenters. The first kappa shape index (κ1) is 14.9. The standard InChI is InChI=1S/C19H16N2O2/c22-18-13-16(15-10-4-5-11-17(15)21-18)19(23)20-12-6-9-14-7-2-1-3-8-14/h1-5,7-8,10-11,16H,12-13H2,(H,20,23)(H,21,22). The van der Waals surface area contributed by atoms with Crippen molar-refractivity contribution in [3.63, 3.8) is 0 Å². The molecule has 0 aliphatic carbocycles. The molecule has 4 heteroatoms. The molecule has 0 fully saturated rings. The molecule has 2 aromatic carbocycles. The summed E-state index contributed by atoms with van der Waals surface area (Å²) in [6, 6.07) is 17.0. The van der Waals surface area contributed by atoms with Crippen LogP contribution in [0.5, 0.6) is 0 Å². The lowest BCUT2D eigenvalue weighted by Crippen LogP contribution is -2.35. The second-order valence-corrected chi connectivity index (χ2v) is 5.28. The second kappa shape index (κ2) is 6.80. The fraction of sp³-hybridized carbons (Fsp3) is 0.158. The lowest BCUT2D eigenvalue weighted by Gasteiger charge is -2.24. The van der Waals surface area contributed by atoms with Crippen LogP contribution in [-0.2, 0) is 9.59 Å². The topological polar surface area (TPSA) is 58.2 Å².